The van der Waals surface area contributed by atoms with Crippen molar-refractivity contribution in [1.29, 1.82) is 0 Å². The topological polar surface area (TPSA) is 36.9 Å². The van der Waals surface area contributed by atoms with Crippen LogP contribution in [0.3, 0.4) is 0 Å². The lowest BCUT2D eigenvalue weighted by Gasteiger charge is -2.50. The van der Waals surface area contributed by atoms with Gasteiger partial charge >= 0.3 is 0 Å². The molecule has 0 aliphatic carbocycles. The Bertz CT molecular complexity index is 267. The van der Waals surface area contributed by atoms with Gasteiger partial charge in [-0.3, -0.25) is 0 Å². The Hall–Kier alpha value is -0.160. The van der Waals surface area contributed by atoms with Crippen molar-refractivity contribution in [2.75, 3.05) is 20.3 Å². The van der Waals surface area contributed by atoms with Crippen molar-refractivity contribution >= 4 is 0 Å². The van der Waals surface area contributed by atoms with Crippen molar-refractivity contribution in [3.05, 3.63) is 0 Å². The SMILES string of the molecule is CO[C@@H]1CC[C@]2(CCCO2)O[C@@]12CCCCO2. The molecule has 0 bridgehead atoms. The van der Waals surface area contributed by atoms with E-state index in [1.807, 2.05) is 0 Å². The number of rotatable bonds is 1. The van der Waals surface area contributed by atoms with Crippen molar-refractivity contribution in [2.24, 2.45) is 0 Å². The van der Waals surface area contributed by atoms with E-state index in [2.05, 4.69) is 0 Å². The first-order valence-corrected chi connectivity index (χ1v) is 6.80. The Morgan fingerprint density at radius 3 is 2.53 bits per heavy atom. The van der Waals surface area contributed by atoms with Gasteiger partial charge in [-0.2, -0.15) is 0 Å². The van der Waals surface area contributed by atoms with Gasteiger partial charge in [-0.1, -0.05) is 0 Å². The molecule has 3 aliphatic rings. The summed E-state index contributed by atoms with van der Waals surface area (Å²) in [6.45, 7) is 1.59. The van der Waals surface area contributed by atoms with Crippen LogP contribution < -0.4 is 0 Å². The van der Waals surface area contributed by atoms with E-state index in [4.69, 9.17) is 18.9 Å². The summed E-state index contributed by atoms with van der Waals surface area (Å²) in [4.78, 5) is 0. The van der Waals surface area contributed by atoms with Gasteiger partial charge in [0, 0.05) is 26.4 Å². The summed E-state index contributed by atoms with van der Waals surface area (Å²) in [6, 6.07) is 0. The zero-order valence-corrected chi connectivity index (χ0v) is 10.6. The van der Waals surface area contributed by atoms with Crippen LogP contribution in [-0.4, -0.2) is 38.0 Å². The molecule has 0 aromatic heterocycles. The lowest BCUT2D eigenvalue weighted by molar-refractivity contribution is -0.406. The van der Waals surface area contributed by atoms with Gasteiger partial charge in [0.05, 0.1) is 13.2 Å². The van der Waals surface area contributed by atoms with E-state index in [1.54, 1.807) is 7.11 Å². The second kappa shape index (κ2) is 4.50. The van der Waals surface area contributed by atoms with Crippen LogP contribution in [-0.2, 0) is 18.9 Å². The zero-order chi connectivity index (χ0) is 11.8. The first-order valence-electron chi connectivity index (χ1n) is 6.80. The Morgan fingerprint density at radius 1 is 1.00 bits per heavy atom. The number of hydrogen-bond acceptors (Lipinski definition) is 4. The second-order valence-electron chi connectivity index (χ2n) is 5.35. The molecule has 0 unspecified atom stereocenters. The Morgan fingerprint density at radius 2 is 1.88 bits per heavy atom. The van der Waals surface area contributed by atoms with Crippen LogP contribution in [0.25, 0.3) is 0 Å². The molecule has 3 aliphatic heterocycles. The smallest absolute Gasteiger partial charge is 0.197 e. The summed E-state index contributed by atoms with van der Waals surface area (Å²) >= 11 is 0. The maximum absolute atomic E-state index is 6.30. The fourth-order valence-corrected chi connectivity index (χ4v) is 3.37. The summed E-state index contributed by atoms with van der Waals surface area (Å²) in [5, 5.41) is 0. The quantitative estimate of drug-likeness (QED) is 0.706. The molecule has 3 rings (SSSR count). The fourth-order valence-electron chi connectivity index (χ4n) is 3.37. The van der Waals surface area contributed by atoms with E-state index in [0.717, 1.165) is 58.2 Å². The van der Waals surface area contributed by atoms with Crippen LogP contribution in [0, 0.1) is 0 Å². The number of ether oxygens (including phenoxy) is 4. The first-order chi connectivity index (χ1) is 8.29. The molecule has 17 heavy (non-hydrogen) atoms. The monoisotopic (exact) mass is 242 g/mol. The average molecular weight is 242 g/mol. The van der Waals surface area contributed by atoms with Crippen LogP contribution in [0.5, 0.6) is 0 Å². The summed E-state index contributed by atoms with van der Waals surface area (Å²) in [7, 11) is 1.75. The van der Waals surface area contributed by atoms with Crippen molar-refractivity contribution in [3.63, 3.8) is 0 Å². The molecule has 3 fully saturated rings. The van der Waals surface area contributed by atoms with Gasteiger partial charge in [0.2, 0.25) is 0 Å². The highest BCUT2D eigenvalue weighted by Gasteiger charge is 2.54. The summed E-state index contributed by atoms with van der Waals surface area (Å²) < 4.78 is 23.7. The Labute approximate surface area is 103 Å². The van der Waals surface area contributed by atoms with E-state index in [-0.39, 0.29) is 11.9 Å². The van der Waals surface area contributed by atoms with Crippen molar-refractivity contribution in [2.45, 2.75) is 62.6 Å². The minimum atomic E-state index is -0.546. The van der Waals surface area contributed by atoms with Crippen LogP contribution in [0.1, 0.15) is 44.9 Å². The maximum atomic E-state index is 6.30. The largest absolute Gasteiger partial charge is 0.376 e. The van der Waals surface area contributed by atoms with E-state index in [1.165, 1.54) is 0 Å². The molecule has 4 heteroatoms. The molecule has 98 valence electrons. The summed E-state index contributed by atoms with van der Waals surface area (Å²) in [6.07, 6.45) is 7.23. The minimum Gasteiger partial charge on any atom is -0.376 e. The lowest BCUT2D eigenvalue weighted by atomic mass is 9.89. The molecule has 3 heterocycles. The highest BCUT2D eigenvalue weighted by molar-refractivity contribution is 4.93. The molecule has 0 N–H and O–H groups in total. The van der Waals surface area contributed by atoms with E-state index in [0.29, 0.717) is 0 Å². The van der Waals surface area contributed by atoms with E-state index in [9.17, 15) is 0 Å². The molecule has 0 amide bonds. The molecule has 4 nitrogen and oxygen atoms in total. The molecule has 3 atom stereocenters. The molecular formula is C13H22O4. The normalized spacial score (nSPS) is 46.8. The molecule has 0 radical (unpaired) electrons. The van der Waals surface area contributed by atoms with Crippen molar-refractivity contribution < 1.29 is 18.9 Å². The summed E-state index contributed by atoms with van der Waals surface area (Å²) in [5.74, 6) is -0.929. The van der Waals surface area contributed by atoms with Gasteiger partial charge in [-0.15, -0.1) is 0 Å². The van der Waals surface area contributed by atoms with Gasteiger partial charge in [-0.05, 0) is 25.7 Å². The molecule has 0 aromatic carbocycles. The third kappa shape index (κ3) is 2.01. The van der Waals surface area contributed by atoms with Crippen molar-refractivity contribution in [1.82, 2.24) is 0 Å². The maximum Gasteiger partial charge on any atom is 0.197 e. The predicted octanol–water partition coefficient (Wildman–Crippen LogP) is 2.22. The van der Waals surface area contributed by atoms with Crippen LogP contribution in [0.15, 0.2) is 0 Å². The van der Waals surface area contributed by atoms with Crippen molar-refractivity contribution in [3.8, 4) is 0 Å². The predicted molar refractivity (Wildman–Crippen MR) is 61.6 cm³/mol. The number of methoxy groups -OCH3 is 1. The fraction of sp³-hybridized carbons (Fsp3) is 1.00. The van der Waals surface area contributed by atoms with Gasteiger partial charge in [0.1, 0.15) is 6.10 Å². The van der Waals surface area contributed by atoms with Gasteiger partial charge in [-0.25, -0.2) is 0 Å². The Kier molecular flexibility index (Phi) is 3.15. The minimum absolute atomic E-state index is 0.0534. The standard InChI is InChI=1S/C13H22O4/c1-14-11-5-8-12(6-4-10-15-12)17-13(11)7-2-3-9-16-13/h11H,2-10H2,1H3/t11-,12+,13+/m1/s1. The molecule has 0 saturated carbocycles. The number of hydrogen-bond donors (Lipinski definition) is 0. The average Bonchev–Trinajstić information content (AvgIpc) is 2.79. The molecular weight excluding hydrogens is 220 g/mol. The third-order valence-corrected chi connectivity index (χ3v) is 4.25. The van der Waals surface area contributed by atoms with Gasteiger partial charge < -0.3 is 18.9 Å². The van der Waals surface area contributed by atoms with E-state index < -0.39 is 5.79 Å². The zero-order valence-electron chi connectivity index (χ0n) is 10.6. The molecule has 2 spiro atoms. The second-order valence-corrected chi connectivity index (χ2v) is 5.35. The van der Waals surface area contributed by atoms with Gasteiger partial charge in [0.25, 0.3) is 0 Å². The highest BCUT2D eigenvalue weighted by Crippen LogP contribution is 2.46. The van der Waals surface area contributed by atoms with E-state index >= 15 is 0 Å². The first kappa shape index (κ1) is 11.9. The van der Waals surface area contributed by atoms with Gasteiger partial charge in [0.15, 0.2) is 11.6 Å². The summed E-state index contributed by atoms with van der Waals surface area (Å²) in [5.41, 5.74) is 0. The Balaban J connectivity index is 1.80. The van der Waals surface area contributed by atoms with Crippen LogP contribution in [0.4, 0.5) is 0 Å². The highest BCUT2D eigenvalue weighted by atomic mass is 16.8. The molecule has 0 aromatic rings. The van der Waals surface area contributed by atoms with Crippen LogP contribution in [0.2, 0.25) is 0 Å². The third-order valence-electron chi connectivity index (χ3n) is 4.25. The molecule has 3 saturated heterocycles. The van der Waals surface area contributed by atoms with Crippen LogP contribution >= 0.6 is 0 Å². The lowest BCUT2D eigenvalue weighted by Crippen LogP contribution is -2.59.